The highest BCUT2D eigenvalue weighted by molar-refractivity contribution is 5.92. The Morgan fingerprint density at radius 2 is 2.17 bits per heavy atom. The first-order valence-electron chi connectivity index (χ1n) is 7.08. The molecule has 0 bridgehead atoms. The molecule has 0 aliphatic rings. The molecule has 1 atom stereocenters. The molecular weight excluding hydrogens is 296 g/mol. The highest BCUT2D eigenvalue weighted by atomic mass is 16.4. The van der Waals surface area contributed by atoms with Gasteiger partial charge in [-0.3, -0.25) is 4.79 Å². The molecule has 2 N–H and O–H groups in total. The molecule has 0 saturated carbocycles. The predicted molar refractivity (Wildman–Crippen MR) is 85.5 cm³/mol. The standard InChI is InChI=1S/C16H18N4O3/c1-10(2)7-11(3)15(21)17-12-5-4-6-13(8-12)20-9-14(16(22)23)18-19-20/h4-6,8-9,11H,1,7H2,2-3H3,(H,17,21)(H,22,23). The Hall–Kier alpha value is -2.96. The summed E-state index contributed by atoms with van der Waals surface area (Å²) in [4.78, 5) is 23.0. The van der Waals surface area contributed by atoms with Gasteiger partial charge in [0.2, 0.25) is 5.91 Å². The number of hydrogen-bond acceptors (Lipinski definition) is 4. The molecule has 1 amide bonds. The Kier molecular flexibility index (Phi) is 4.90. The Morgan fingerprint density at radius 1 is 1.43 bits per heavy atom. The van der Waals surface area contributed by atoms with Crippen LogP contribution < -0.4 is 5.32 Å². The first-order chi connectivity index (χ1) is 10.9. The minimum absolute atomic E-state index is 0.102. The fourth-order valence-corrected chi connectivity index (χ4v) is 2.10. The number of carboxylic acid groups (broad SMARTS) is 1. The molecule has 120 valence electrons. The lowest BCUT2D eigenvalue weighted by molar-refractivity contribution is -0.119. The summed E-state index contributed by atoms with van der Waals surface area (Å²) in [6, 6.07) is 6.94. The first-order valence-corrected chi connectivity index (χ1v) is 7.08. The zero-order valence-corrected chi connectivity index (χ0v) is 13.0. The number of rotatable bonds is 6. The summed E-state index contributed by atoms with van der Waals surface area (Å²) < 4.78 is 1.34. The average Bonchev–Trinajstić information content (AvgIpc) is 2.97. The van der Waals surface area contributed by atoms with Gasteiger partial charge in [0.25, 0.3) is 0 Å². The van der Waals surface area contributed by atoms with Crippen LogP contribution in [0.1, 0.15) is 30.8 Å². The van der Waals surface area contributed by atoms with Gasteiger partial charge in [-0.15, -0.1) is 11.7 Å². The Morgan fingerprint density at radius 3 is 2.78 bits per heavy atom. The molecule has 1 unspecified atom stereocenters. The van der Waals surface area contributed by atoms with Crippen LogP contribution in [0.5, 0.6) is 0 Å². The molecular formula is C16H18N4O3. The number of benzene rings is 1. The molecule has 0 aliphatic carbocycles. The van der Waals surface area contributed by atoms with E-state index in [1.807, 2.05) is 13.8 Å². The van der Waals surface area contributed by atoms with Crippen LogP contribution in [-0.4, -0.2) is 32.0 Å². The summed E-state index contributed by atoms with van der Waals surface area (Å²) in [5.41, 5.74) is 2.02. The third kappa shape index (κ3) is 4.26. The quantitative estimate of drug-likeness (QED) is 0.798. The minimum atomic E-state index is -1.14. The van der Waals surface area contributed by atoms with Crippen molar-refractivity contribution in [3.05, 3.63) is 48.3 Å². The molecule has 0 saturated heterocycles. The summed E-state index contributed by atoms with van der Waals surface area (Å²) in [6.45, 7) is 7.53. The smallest absolute Gasteiger partial charge is 0.358 e. The summed E-state index contributed by atoms with van der Waals surface area (Å²) in [5, 5.41) is 19.0. The van der Waals surface area contributed by atoms with E-state index in [4.69, 9.17) is 5.11 Å². The van der Waals surface area contributed by atoms with Gasteiger partial charge in [-0.1, -0.05) is 23.8 Å². The van der Waals surface area contributed by atoms with E-state index in [1.165, 1.54) is 10.9 Å². The van der Waals surface area contributed by atoms with Crippen molar-refractivity contribution >= 4 is 17.6 Å². The van der Waals surface area contributed by atoms with Crippen molar-refractivity contribution in [1.29, 1.82) is 0 Å². The molecule has 0 fully saturated rings. The van der Waals surface area contributed by atoms with Gasteiger partial charge >= 0.3 is 5.97 Å². The van der Waals surface area contributed by atoms with Gasteiger partial charge in [0.05, 0.1) is 11.9 Å². The maximum Gasteiger partial charge on any atom is 0.358 e. The molecule has 7 heteroatoms. The van der Waals surface area contributed by atoms with Crippen LogP contribution in [0.2, 0.25) is 0 Å². The normalized spacial score (nSPS) is 11.7. The second-order valence-corrected chi connectivity index (χ2v) is 5.46. The minimum Gasteiger partial charge on any atom is -0.476 e. The van der Waals surface area contributed by atoms with Crippen molar-refractivity contribution in [3.63, 3.8) is 0 Å². The van der Waals surface area contributed by atoms with E-state index >= 15 is 0 Å². The number of anilines is 1. The molecule has 1 aromatic carbocycles. The Balaban J connectivity index is 2.14. The van der Waals surface area contributed by atoms with E-state index in [0.29, 0.717) is 17.8 Å². The summed E-state index contributed by atoms with van der Waals surface area (Å²) in [7, 11) is 0. The number of nitrogens with one attached hydrogen (secondary N) is 1. The molecule has 1 aromatic heterocycles. The SMILES string of the molecule is C=C(C)CC(C)C(=O)Nc1cccc(-n2cc(C(=O)O)nn2)c1. The van der Waals surface area contributed by atoms with Crippen LogP contribution in [0, 0.1) is 5.92 Å². The van der Waals surface area contributed by atoms with Gasteiger partial charge in [-0.05, 0) is 31.5 Å². The molecule has 0 aliphatic heterocycles. The van der Waals surface area contributed by atoms with E-state index in [9.17, 15) is 9.59 Å². The van der Waals surface area contributed by atoms with Gasteiger partial charge < -0.3 is 10.4 Å². The number of nitrogens with zero attached hydrogens (tertiary/aromatic N) is 3. The second-order valence-electron chi connectivity index (χ2n) is 5.46. The monoisotopic (exact) mass is 314 g/mol. The average molecular weight is 314 g/mol. The highest BCUT2D eigenvalue weighted by Gasteiger charge is 2.14. The number of aromatic carboxylic acids is 1. The van der Waals surface area contributed by atoms with Crippen molar-refractivity contribution in [2.75, 3.05) is 5.32 Å². The third-order valence-electron chi connectivity index (χ3n) is 3.19. The van der Waals surface area contributed by atoms with E-state index < -0.39 is 5.97 Å². The van der Waals surface area contributed by atoms with Crippen LogP contribution in [0.15, 0.2) is 42.6 Å². The molecule has 0 radical (unpaired) electrons. The number of amides is 1. The number of aromatic nitrogens is 3. The number of carboxylic acids is 1. The molecule has 23 heavy (non-hydrogen) atoms. The lowest BCUT2D eigenvalue weighted by Gasteiger charge is -2.12. The van der Waals surface area contributed by atoms with Crippen LogP contribution >= 0.6 is 0 Å². The van der Waals surface area contributed by atoms with Crippen molar-refractivity contribution in [2.24, 2.45) is 5.92 Å². The highest BCUT2D eigenvalue weighted by Crippen LogP contribution is 2.17. The number of carbonyl (C=O) groups is 2. The Bertz CT molecular complexity index is 751. The van der Waals surface area contributed by atoms with E-state index in [1.54, 1.807) is 24.3 Å². The molecule has 1 heterocycles. The van der Waals surface area contributed by atoms with Crippen molar-refractivity contribution in [3.8, 4) is 5.69 Å². The number of allylic oxidation sites excluding steroid dienone is 1. The zero-order valence-electron chi connectivity index (χ0n) is 13.0. The lowest BCUT2D eigenvalue weighted by Crippen LogP contribution is -2.20. The number of carbonyl (C=O) groups excluding carboxylic acids is 1. The predicted octanol–water partition coefficient (Wildman–Crippen LogP) is 2.51. The molecule has 2 rings (SSSR count). The maximum absolute atomic E-state index is 12.1. The van der Waals surface area contributed by atoms with Gasteiger partial charge in [0.15, 0.2) is 5.69 Å². The van der Waals surface area contributed by atoms with Gasteiger partial charge in [0, 0.05) is 11.6 Å². The Labute approximate surface area is 133 Å². The van der Waals surface area contributed by atoms with Crippen LogP contribution in [-0.2, 0) is 4.79 Å². The van der Waals surface area contributed by atoms with Gasteiger partial charge in [0.1, 0.15) is 0 Å². The van der Waals surface area contributed by atoms with Gasteiger partial charge in [-0.2, -0.15) is 0 Å². The van der Waals surface area contributed by atoms with Gasteiger partial charge in [-0.25, -0.2) is 9.48 Å². The third-order valence-corrected chi connectivity index (χ3v) is 3.19. The first kappa shape index (κ1) is 16.4. The molecule has 0 spiro atoms. The largest absolute Gasteiger partial charge is 0.476 e. The number of hydrogen-bond donors (Lipinski definition) is 2. The summed E-state index contributed by atoms with van der Waals surface area (Å²) >= 11 is 0. The van der Waals surface area contributed by atoms with Crippen LogP contribution in [0.4, 0.5) is 5.69 Å². The van der Waals surface area contributed by atoms with Crippen LogP contribution in [0.25, 0.3) is 5.69 Å². The second kappa shape index (κ2) is 6.87. The summed E-state index contributed by atoms with van der Waals surface area (Å²) in [6.07, 6.45) is 1.93. The maximum atomic E-state index is 12.1. The molecule has 7 nitrogen and oxygen atoms in total. The van der Waals surface area contributed by atoms with Crippen molar-refractivity contribution in [1.82, 2.24) is 15.0 Å². The lowest BCUT2D eigenvalue weighted by atomic mass is 10.0. The van der Waals surface area contributed by atoms with Crippen molar-refractivity contribution in [2.45, 2.75) is 20.3 Å². The van der Waals surface area contributed by atoms with E-state index in [0.717, 1.165) is 5.57 Å². The fraction of sp³-hybridized carbons (Fsp3) is 0.250. The molecule has 2 aromatic rings. The van der Waals surface area contributed by atoms with E-state index in [2.05, 4.69) is 22.2 Å². The van der Waals surface area contributed by atoms with Crippen LogP contribution in [0.3, 0.4) is 0 Å². The summed E-state index contributed by atoms with van der Waals surface area (Å²) in [5.74, 6) is -1.43. The van der Waals surface area contributed by atoms with E-state index in [-0.39, 0.29) is 17.5 Å². The van der Waals surface area contributed by atoms with Crippen molar-refractivity contribution < 1.29 is 14.7 Å². The topological polar surface area (TPSA) is 97.1 Å². The fourth-order valence-electron chi connectivity index (χ4n) is 2.10. The zero-order chi connectivity index (χ0) is 17.0.